The maximum absolute atomic E-state index is 12.3. The van der Waals surface area contributed by atoms with E-state index in [4.69, 9.17) is 0 Å². The summed E-state index contributed by atoms with van der Waals surface area (Å²) in [6, 6.07) is 2.45. The Hall–Kier alpha value is -1.58. The maximum Gasteiger partial charge on any atom is 0.363 e. The number of likely N-dealkylation sites (N-methyl/N-ethyl adjacent to an activating group) is 1. The first-order valence-corrected chi connectivity index (χ1v) is 7.65. The molecule has 1 aromatic heterocycles. The molecule has 8 nitrogen and oxygen atoms in total. The lowest BCUT2D eigenvalue weighted by Crippen LogP contribution is -2.38. The minimum Gasteiger partial charge on any atom is -0.358 e. The smallest absolute Gasteiger partial charge is 0.358 e. The molecule has 1 aliphatic rings. The monoisotopic (exact) mass is 300 g/mol. The van der Waals surface area contributed by atoms with Crippen LogP contribution < -0.4 is 5.32 Å². The lowest BCUT2D eigenvalue weighted by atomic mass is 10.2. The van der Waals surface area contributed by atoms with Crippen molar-refractivity contribution in [2.45, 2.75) is 23.8 Å². The highest BCUT2D eigenvalue weighted by molar-refractivity contribution is 7.89. The fourth-order valence-corrected chi connectivity index (χ4v) is 3.30. The van der Waals surface area contributed by atoms with Crippen LogP contribution in [0.4, 0.5) is 5.82 Å². The minimum absolute atomic E-state index is 0.0383. The first-order valence-electron chi connectivity index (χ1n) is 6.21. The van der Waals surface area contributed by atoms with Crippen LogP contribution in [0.2, 0.25) is 0 Å². The zero-order chi connectivity index (χ0) is 14.8. The van der Waals surface area contributed by atoms with E-state index in [2.05, 4.69) is 10.3 Å². The Bertz CT molecular complexity index is 581. The standard InChI is InChI=1S/C11H16N4O4S/c1-14(8-9-3-2-6-12-9)20(18,19)10-4-5-11(13-7-10)15(16)17/h4-5,7,9,12H,2-3,6,8H2,1H3. The number of hydrogen-bond acceptors (Lipinski definition) is 6. The molecule has 0 aromatic carbocycles. The molecule has 1 fully saturated rings. The zero-order valence-electron chi connectivity index (χ0n) is 11.0. The summed E-state index contributed by atoms with van der Waals surface area (Å²) in [5.41, 5.74) is 0. The van der Waals surface area contributed by atoms with E-state index in [1.165, 1.54) is 17.4 Å². The van der Waals surface area contributed by atoms with Gasteiger partial charge in [0, 0.05) is 25.7 Å². The molecule has 2 rings (SSSR count). The molecule has 1 N–H and O–H groups in total. The van der Waals surface area contributed by atoms with Gasteiger partial charge in [-0.05, 0) is 35.4 Å². The third-order valence-corrected chi connectivity index (χ3v) is 5.06. The molecule has 1 saturated heterocycles. The number of nitro groups is 1. The summed E-state index contributed by atoms with van der Waals surface area (Å²) in [5, 5.41) is 13.7. The van der Waals surface area contributed by atoms with Gasteiger partial charge < -0.3 is 15.4 Å². The molecule has 0 bridgehead atoms. The quantitative estimate of drug-likeness (QED) is 0.622. The lowest BCUT2D eigenvalue weighted by molar-refractivity contribution is -0.389. The van der Waals surface area contributed by atoms with Gasteiger partial charge in [-0.15, -0.1) is 0 Å². The predicted molar refractivity (Wildman–Crippen MR) is 71.7 cm³/mol. The molecule has 9 heteroatoms. The number of rotatable bonds is 5. The van der Waals surface area contributed by atoms with Gasteiger partial charge in [-0.1, -0.05) is 0 Å². The van der Waals surface area contributed by atoms with Crippen molar-refractivity contribution in [3.63, 3.8) is 0 Å². The average molecular weight is 300 g/mol. The summed E-state index contributed by atoms with van der Waals surface area (Å²) in [7, 11) is -2.16. The Morgan fingerprint density at radius 2 is 2.30 bits per heavy atom. The molecule has 0 amide bonds. The number of pyridine rings is 1. The molecule has 0 saturated carbocycles. The van der Waals surface area contributed by atoms with E-state index in [1.54, 1.807) is 0 Å². The Kier molecular flexibility index (Phi) is 4.31. The summed E-state index contributed by atoms with van der Waals surface area (Å²) in [5.74, 6) is -0.371. The topological polar surface area (TPSA) is 105 Å². The fraction of sp³-hybridized carbons (Fsp3) is 0.545. The third kappa shape index (κ3) is 3.11. The second-order valence-electron chi connectivity index (χ2n) is 4.69. The molecule has 1 unspecified atom stereocenters. The Balaban J connectivity index is 2.13. The largest absolute Gasteiger partial charge is 0.363 e. The van der Waals surface area contributed by atoms with Crippen LogP contribution in [0.5, 0.6) is 0 Å². The van der Waals surface area contributed by atoms with Crippen molar-refractivity contribution < 1.29 is 13.3 Å². The van der Waals surface area contributed by atoms with Crippen LogP contribution in [-0.4, -0.2) is 48.8 Å². The van der Waals surface area contributed by atoms with Crippen molar-refractivity contribution in [2.24, 2.45) is 0 Å². The second kappa shape index (κ2) is 5.81. The number of nitrogens with zero attached hydrogens (tertiary/aromatic N) is 3. The van der Waals surface area contributed by atoms with Crippen LogP contribution in [0.25, 0.3) is 0 Å². The lowest BCUT2D eigenvalue weighted by Gasteiger charge is -2.20. The molecule has 1 aliphatic heterocycles. The molecule has 0 spiro atoms. The summed E-state index contributed by atoms with van der Waals surface area (Å²) < 4.78 is 25.8. The summed E-state index contributed by atoms with van der Waals surface area (Å²) >= 11 is 0. The maximum atomic E-state index is 12.3. The van der Waals surface area contributed by atoms with E-state index in [0.29, 0.717) is 6.54 Å². The number of sulfonamides is 1. The Morgan fingerprint density at radius 1 is 1.55 bits per heavy atom. The molecule has 2 heterocycles. The highest BCUT2D eigenvalue weighted by atomic mass is 32.2. The van der Waals surface area contributed by atoms with Gasteiger partial charge in [0.05, 0.1) is 0 Å². The Morgan fingerprint density at radius 3 is 2.80 bits per heavy atom. The van der Waals surface area contributed by atoms with Crippen LogP contribution in [-0.2, 0) is 10.0 Å². The molecule has 1 aromatic rings. The number of aromatic nitrogens is 1. The summed E-state index contributed by atoms with van der Waals surface area (Å²) in [6.45, 7) is 1.27. The van der Waals surface area contributed by atoms with E-state index in [-0.39, 0.29) is 16.8 Å². The first-order chi connectivity index (χ1) is 9.41. The van der Waals surface area contributed by atoms with Gasteiger partial charge in [0.25, 0.3) is 0 Å². The van der Waals surface area contributed by atoms with E-state index < -0.39 is 14.9 Å². The second-order valence-corrected chi connectivity index (χ2v) is 6.73. The van der Waals surface area contributed by atoms with Crippen LogP contribution in [0.15, 0.2) is 23.2 Å². The van der Waals surface area contributed by atoms with Crippen molar-refractivity contribution in [1.29, 1.82) is 0 Å². The van der Waals surface area contributed by atoms with E-state index in [1.807, 2.05) is 0 Å². The summed E-state index contributed by atoms with van der Waals surface area (Å²) in [4.78, 5) is 13.3. The van der Waals surface area contributed by atoms with Gasteiger partial charge in [-0.3, -0.25) is 0 Å². The van der Waals surface area contributed by atoms with Gasteiger partial charge in [-0.2, -0.15) is 4.31 Å². The van der Waals surface area contributed by atoms with Crippen LogP contribution in [0.3, 0.4) is 0 Å². The molecule has 0 radical (unpaired) electrons. The SMILES string of the molecule is CN(CC1CCCN1)S(=O)(=O)c1ccc([N+](=O)[O-])nc1. The van der Waals surface area contributed by atoms with Crippen molar-refractivity contribution in [2.75, 3.05) is 20.1 Å². The average Bonchev–Trinajstić information content (AvgIpc) is 2.91. The van der Waals surface area contributed by atoms with Gasteiger partial charge in [0.1, 0.15) is 4.90 Å². The van der Waals surface area contributed by atoms with E-state index >= 15 is 0 Å². The molecule has 20 heavy (non-hydrogen) atoms. The zero-order valence-corrected chi connectivity index (χ0v) is 11.8. The van der Waals surface area contributed by atoms with E-state index in [9.17, 15) is 18.5 Å². The van der Waals surface area contributed by atoms with Crippen molar-refractivity contribution in [3.8, 4) is 0 Å². The highest BCUT2D eigenvalue weighted by Gasteiger charge is 2.26. The normalized spacial score (nSPS) is 19.4. The first kappa shape index (κ1) is 14.8. The number of nitrogens with one attached hydrogen (secondary N) is 1. The van der Waals surface area contributed by atoms with Crippen LogP contribution >= 0.6 is 0 Å². The molecular weight excluding hydrogens is 284 g/mol. The van der Waals surface area contributed by atoms with Crippen molar-refractivity contribution in [3.05, 3.63) is 28.4 Å². The third-order valence-electron chi connectivity index (χ3n) is 3.26. The van der Waals surface area contributed by atoms with Crippen molar-refractivity contribution >= 4 is 15.8 Å². The molecule has 1 atom stereocenters. The van der Waals surface area contributed by atoms with Crippen molar-refractivity contribution in [1.82, 2.24) is 14.6 Å². The van der Waals surface area contributed by atoms with Gasteiger partial charge in [-0.25, -0.2) is 8.42 Å². The van der Waals surface area contributed by atoms with Gasteiger partial charge in [0.15, 0.2) is 6.20 Å². The van der Waals surface area contributed by atoms with Crippen LogP contribution in [0.1, 0.15) is 12.8 Å². The highest BCUT2D eigenvalue weighted by Crippen LogP contribution is 2.17. The Labute approximate surface area is 117 Å². The van der Waals surface area contributed by atoms with Crippen LogP contribution in [0, 0.1) is 10.1 Å². The van der Waals surface area contributed by atoms with E-state index in [0.717, 1.165) is 31.6 Å². The molecule has 110 valence electrons. The predicted octanol–water partition coefficient (Wildman–Crippen LogP) is 0.362. The minimum atomic E-state index is -3.66. The number of hydrogen-bond donors (Lipinski definition) is 1. The van der Waals surface area contributed by atoms with Gasteiger partial charge >= 0.3 is 5.82 Å². The molecular formula is C11H16N4O4S. The fourth-order valence-electron chi connectivity index (χ4n) is 2.13. The summed E-state index contributed by atoms with van der Waals surface area (Å²) in [6.07, 6.45) is 3.00. The van der Waals surface area contributed by atoms with Gasteiger partial charge in [0.2, 0.25) is 10.0 Å². The molecule has 0 aliphatic carbocycles.